The first-order valence-corrected chi connectivity index (χ1v) is 9.04. The number of amides is 1. The number of aromatic nitrogens is 1. The smallest absolute Gasteiger partial charge is 0.377 e. The molecule has 1 amide bonds. The maximum atomic E-state index is 13.0. The second-order valence-corrected chi connectivity index (χ2v) is 6.55. The second kappa shape index (κ2) is 8.99. The van der Waals surface area contributed by atoms with Gasteiger partial charge in [-0.05, 0) is 25.0 Å². The average Bonchev–Trinajstić information content (AvgIpc) is 3.15. The van der Waals surface area contributed by atoms with E-state index in [4.69, 9.17) is 9.26 Å². The van der Waals surface area contributed by atoms with Crippen molar-refractivity contribution in [1.29, 1.82) is 0 Å². The Labute approximate surface area is 163 Å². The Morgan fingerprint density at radius 3 is 2.00 bits per heavy atom. The van der Waals surface area contributed by atoms with Gasteiger partial charge in [0.1, 0.15) is 0 Å². The van der Waals surface area contributed by atoms with Gasteiger partial charge in [0.05, 0.1) is 5.69 Å². The van der Waals surface area contributed by atoms with Crippen molar-refractivity contribution in [2.45, 2.75) is 33.0 Å². The molecule has 0 aliphatic carbocycles. The van der Waals surface area contributed by atoms with Gasteiger partial charge < -0.3 is 14.2 Å². The van der Waals surface area contributed by atoms with Crippen molar-refractivity contribution >= 4 is 11.9 Å². The summed E-state index contributed by atoms with van der Waals surface area (Å²) < 4.78 is 10.2. The number of carbonyl (C=O) groups excluding carboxylic acids is 2. The van der Waals surface area contributed by atoms with Gasteiger partial charge >= 0.3 is 5.97 Å². The van der Waals surface area contributed by atoms with Crippen LogP contribution in [0.2, 0.25) is 0 Å². The molecule has 0 aliphatic rings. The summed E-state index contributed by atoms with van der Waals surface area (Å²) in [5, 5.41) is 3.67. The predicted molar refractivity (Wildman–Crippen MR) is 103 cm³/mol. The van der Waals surface area contributed by atoms with Gasteiger partial charge in [0.15, 0.2) is 6.10 Å². The fourth-order valence-corrected chi connectivity index (χ4v) is 2.81. The third-order valence-corrected chi connectivity index (χ3v) is 4.20. The minimum Gasteiger partial charge on any atom is -0.447 e. The minimum atomic E-state index is -0.953. The number of esters is 1. The minimum absolute atomic E-state index is 0.0187. The standard InChI is InChI=1S/C22H22N2O4/c1-16-13-20(28-23-16)22(26)27-17(2)21(25)24(14-18-9-5-3-6-10-18)15-19-11-7-4-8-12-19/h3-13,17H,14-15H2,1-2H3/t17-/m0/s1. The van der Waals surface area contributed by atoms with Gasteiger partial charge in [-0.2, -0.15) is 0 Å². The number of rotatable bonds is 7. The molecule has 0 radical (unpaired) electrons. The molecule has 0 aliphatic heterocycles. The zero-order valence-electron chi connectivity index (χ0n) is 15.9. The molecule has 144 valence electrons. The van der Waals surface area contributed by atoms with Crippen molar-refractivity contribution < 1.29 is 18.8 Å². The van der Waals surface area contributed by atoms with Crippen LogP contribution in [0.4, 0.5) is 0 Å². The van der Waals surface area contributed by atoms with Gasteiger partial charge in [0, 0.05) is 19.2 Å². The summed E-state index contributed by atoms with van der Waals surface area (Å²) >= 11 is 0. The van der Waals surface area contributed by atoms with E-state index in [1.807, 2.05) is 60.7 Å². The first-order chi connectivity index (χ1) is 13.5. The van der Waals surface area contributed by atoms with E-state index in [1.165, 1.54) is 6.07 Å². The lowest BCUT2D eigenvalue weighted by Gasteiger charge is -2.26. The molecule has 0 saturated carbocycles. The van der Waals surface area contributed by atoms with Crippen LogP contribution in [0.5, 0.6) is 0 Å². The summed E-state index contributed by atoms with van der Waals surface area (Å²) in [4.78, 5) is 26.9. The van der Waals surface area contributed by atoms with E-state index in [-0.39, 0.29) is 11.7 Å². The van der Waals surface area contributed by atoms with Crippen molar-refractivity contribution in [2.24, 2.45) is 0 Å². The highest BCUT2D eigenvalue weighted by Gasteiger charge is 2.26. The SMILES string of the molecule is Cc1cc(C(=O)O[C@@H](C)C(=O)N(Cc2ccccc2)Cc2ccccc2)on1. The van der Waals surface area contributed by atoms with Crippen LogP contribution < -0.4 is 0 Å². The highest BCUT2D eigenvalue weighted by molar-refractivity contribution is 5.90. The lowest BCUT2D eigenvalue weighted by molar-refractivity contribution is -0.141. The molecule has 1 heterocycles. The molecule has 0 N–H and O–H groups in total. The average molecular weight is 378 g/mol. The van der Waals surface area contributed by atoms with Crippen LogP contribution in [0.15, 0.2) is 71.3 Å². The van der Waals surface area contributed by atoms with Crippen LogP contribution in [0.1, 0.15) is 34.3 Å². The van der Waals surface area contributed by atoms with Crippen molar-refractivity contribution in [2.75, 3.05) is 0 Å². The summed E-state index contributed by atoms with van der Waals surface area (Å²) in [7, 11) is 0. The third kappa shape index (κ3) is 5.07. The molecule has 0 unspecified atom stereocenters. The van der Waals surface area contributed by atoms with Gasteiger partial charge in [0.2, 0.25) is 5.76 Å². The Balaban J connectivity index is 1.73. The number of hydrogen-bond donors (Lipinski definition) is 0. The van der Waals surface area contributed by atoms with Crippen molar-refractivity contribution in [3.63, 3.8) is 0 Å². The fraction of sp³-hybridized carbons (Fsp3) is 0.227. The Bertz CT molecular complexity index is 880. The number of hydrogen-bond acceptors (Lipinski definition) is 5. The van der Waals surface area contributed by atoms with E-state index in [2.05, 4.69) is 5.16 Å². The Hall–Kier alpha value is -3.41. The molecule has 6 heteroatoms. The van der Waals surface area contributed by atoms with Gasteiger partial charge in [-0.15, -0.1) is 0 Å². The lowest BCUT2D eigenvalue weighted by atomic mass is 10.1. The first kappa shape index (κ1) is 19.4. The number of benzene rings is 2. The molecule has 6 nitrogen and oxygen atoms in total. The lowest BCUT2D eigenvalue weighted by Crippen LogP contribution is -2.39. The van der Waals surface area contributed by atoms with E-state index < -0.39 is 12.1 Å². The van der Waals surface area contributed by atoms with Crippen LogP contribution in [0.25, 0.3) is 0 Å². The van der Waals surface area contributed by atoms with E-state index in [9.17, 15) is 9.59 Å². The van der Waals surface area contributed by atoms with Crippen LogP contribution in [0.3, 0.4) is 0 Å². The van der Waals surface area contributed by atoms with Gasteiger partial charge in [-0.25, -0.2) is 4.79 Å². The molecule has 0 bridgehead atoms. The van der Waals surface area contributed by atoms with Crippen molar-refractivity contribution in [3.8, 4) is 0 Å². The Kier molecular flexibility index (Phi) is 6.22. The van der Waals surface area contributed by atoms with E-state index in [0.29, 0.717) is 18.8 Å². The van der Waals surface area contributed by atoms with Crippen molar-refractivity contribution in [1.82, 2.24) is 10.1 Å². The molecule has 3 aromatic rings. The predicted octanol–water partition coefficient (Wildman–Crippen LogP) is 3.76. The topological polar surface area (TPSA) is 72.6 Å². The molecule has 0 fully saturated rings. The Morgan fingerprint density at radius 2 is 1.54 bits per heavy atom. The second-order valence-electron chi connectivity index (χ2n) is 6.55. The molecule has 28 heavy (non-hydrogen) atoms. The highest BCUT2D eigenvalue weighted by Crippen LogP contribution is 2.14. The summed E-state index contributed by atoms with van der Waals surface area (Å²) in [5.74, 6) is -1.01. The molecule has 1 atom stereocenters. The summed E-state index contributed by atoms with van der Waals surface area (Å²) in [6.07, 6.45) is -0.953. The van der Waals surface area contributed by atoms with Crippen LogP contribution >= 0.6 is 0 Å². The Morgan fingerprint density at radius 1 is 1.00 bits per heavy atom. The van der Waals surface area contributed by atoms with Crippen LogP contribution in [-0.2, 0) is 22.6 Å². The zero-order valence-corrected chi connectivity index (χ0v) is 15.9. The van der Waals surface area contributed by atoms with Crippen LogP contribution in [0, 0.1) is 6.92 Å². The number of carbonyl (C=O) groups is 2. The first-order valence-electron chi connectivity index (χ1n) is 9.04. The molecule has 2 aromatic carbocycles. The highest BCUT2D eigenvalue weighted by atomic mass is 16.6. The largest absolute Gasteiger partial charge is 0.447 e. The number of aryl methyl sites for hydroxylation is 1. The van der Waals surface area contributed by atoms with Gasteiger partial charge in [-0.3, -0.25) is 4.79 Å². The van der Waals surface area contributed by atoms with E-state index in [1.54, 1.807) is 18.7 Å². The van der Waals surface area contributed by atoms with Gasteiger partial charge in [0.25, 0.3) is 5.91 Å². The molecule has 0 saturated heterocycles. The molecular weight excluding hydrogens is 356 g/mol. The number of nitrogens with zero attached hydrogens (tertiary/aromatic N) is 2. The van der Waals surface area contributed by atoms with Crippen LogP contribution in [-0.4, -0.2) is 28.0 Å². The quantitative estimate of drug-likeness (QED) is 0.586. The van der Waals surface area contributed by atoms with E-state index >= 15 is 0 Å². The maximum absolute atomic E-state index is 13.0. The number of ether oxygens (including phenoxy) is 1. The molecule has 3 rings (SSSR count). The summed E-state index contributed by atoms with van der Waals surface area (Å²) in [6.45, 7) is 4.10. The van der Waals surface area contributed by atoms with E-state index in [0.717, 1.165) is 11.1 Å². The third-order valence-electron chi connectivity index (χ3n) is 4.20. The molecular formula is C22H22N2O4. The summed E-state index contributed by atoms with van der Waals surface area (Å²) in [6, 6.07) is 20.9. The summed E-state index contributed by atoms with van der Waals surface area (Å²) in [5.41, 5.74) is 2.56. The zero-order chi connectivity index (χ0) is 19.9. The normalized spacial score (nSPS) is 11.6. The monoisotopic (exact) mass is 378 g/mol. The molecule has 1 aromatic heterocycles. The fourth-order valence-electron chi connectivity index (χ4n) is 2.81. The van der Waals surface area contributed by atoms with Crippen molar-refractivity contribution in [3.05, 3.63) is 89.3 Å². The maximum Gasteiger partial charge on any atom is 0.377 e. The van der Waals surface area contributed by atoms with Gasteiger partial charge in [-0.1, -0.05) is 65.8 Å². The molecule has 0 spiro atoms.